The van der Waals surface area contributed by atoms with E-state index in [2.05, 4.69) is 5.32 Å². The maximum absolute atomic E-state index is 8.44. The molecule has 3 nitrogen and oxygen atoms in total. The molecule has 2 aromatic rings. The number of halogens is 3. The molecule has 0 fully saturated rings. The lowest BCUT2D eigenvalue weighted by Gasteiger charge is -2.11. The van der Waals surface area contributed by atoms with Gasteiger partial charge in [0.05, 0.1) is 15.7 Å². The first-order valence-corrected chi connectivity index (χ1v) is 7.20. The Morgan fingerprint density at radius 1 is 1.05 bits per heavy atom. The molecule has 0 heterocycles. The number of ether oxygens (including phenoxy) is 1. The van der Waals surface area contributed by atoms with E-state index < -0.39 is 0 Å². The molecule has 0 saturated carbocycles. The van der Waals surface area contributed by atoms with Crippen LogP contribution in [0.1, 0.15) is 5.56 Å². The highest BCUT2D eigenvalue weighted by atomic mass is 35.5. The minimum absolute atomic E-state index is 0.0353. The Labute approximate surface area is 138 Å². The molecule has 0 unspecified atom stereocenters. The van der Waals surface area contributed by atoms with Crippen molar-refractivity contribution in [2.75, 3.05) is 11.9 Å². The van der Waals surface area contributed by atoms with E-state index in [0.717, 1.165) is 5.56 Å². The van der Waals surface area contributed by atoms with E-state index in [4.69, 9.17) is 44.8 Å². The second-order valence-corrected chi connectivity index (χ2v) is 5.44. The number of hydrogen-bond donors (Lipinski definition) is 1. The van der Waals surface area contributed by atoms with Crippen LogP contribution in [0.2, 0.25) is 15.1 Å². The van der Waals surface area contributed by atoms with Crippen LogP contribution in [0.5, 0.6) is 5.75 Å². The predicted octanol–water partition coefficient (Wildman–Crippen LogP) is 5.16. The van der Waals surface area contributed by atoms with E-state index >= 15 is 0 Å². The third-order valence-electron chi connectivity index (χ3n) is 2.70. The molecule has 0 amide bonds. The summed E-state index contributed by atoms with van der Waals surface area (Å²) in [6, 6.07) is 12.6. The number of nitriles is 1. The minimum atomic E-state index is 0.0353. The number of benzene rings is 2. The molecule has 108 valence electrons. The number of rotatable bonds is 5. The monoisotopic (exact) mass is 340 g/mol. The third-order valence-corrected chi connectivity index (χ3v) is 3.52. The van der Waals surface area contributed by atoms with Crippen LogP contribution in [0, 0.1) is 11.3 Å². The fourth-order valence-corrected chi connectivity index (χ4v) is 2.67. The Balaban J connectivity index is 2.02. The molecule has 2 aromatic carbocycles. The third kappa shape index (κ3) is 4.44. The normalized spacial score (nSPS) is 10.0. The number of nitrogens with zero attached hydrogens (tertiary/aromatic N) is 1. The summed E-state index contributed by atoms with van der Waals surface area (Å²) in [4.78, 5) is 0. The van der Waals surface area contributed by atoms with Gasteiger partial charge in [-0.2, -0.15) is 5.26 Å². The van der Waals surface area contributed by atoms with Crippen LogP contribution in [0.15, 0.2) is 36.4 Å². The highest BCUT2D eigenvalue weighted by Gasteiger charge is 2.07. The summed E-state index contributed by atoms with van der Waals surface area (Å²) in [6.45, 7) is 0.590. The first-order chi connectivity index (χ1) is 10.1. The topological polar surface area (TPSA) is 45.0 Å². The van der Waals surface area contributed by atoms with Gasteiger partial charge in [-0.1, -0.05) is 46.9 Å². The quantitative estimate of drug-likeness (QED) is 0.817. The molecule has 21 heavy (non-hydrogen) atoms. The van der Waals surface area contributed by atoms with Crippen molar-refractivity contribution in [1.82, 2.24) is 0 Å². The number of nitrogens with one attached hydrogen (secondary N) is 1. The van der Waals surface area contributed by atoms with Gasteiger partial charge in [0.25, 0.3) is 0 Å². The fraction of sp³-hybridized carbons (Fsp3) is 0.133. The molecule has 0 bridgehead atoms. The summed E-state index contributed by atoms with van der Waals surface area (Å²) < 4.78 is 5.19. The van der Waals surface area contributed by atoms with Crippen LogP contribution in [0.4, 0.5) is 5.69 Å². The van der Waals surface area contributed by atoms with Gasteiger partial charge in [-0.25, -0.2) is 0 Å². The summed E-state index contributed by atoms with van der Waals surface area (Å²) in [6.07, 6.45) is 0. The van der Waals surface area contributed by atoms with Crippen molar-refractivity contribution in [2.24, 2.45) is 0 Å². The smallest absolute Gasteiger partial charge is 0.174 e. The van der Waals surface area contributed by atoms with E-state index in [1.807, 2.05) is 18.2 Å². The van der Waals surface area contributed by atoms with Crippen molar-refractivity contribution in [3.05, 3.63) is 57.0 Å². The van der Waals surface area contributed by atoms with Crippen molar-refractivity contribution in [3.63, 3.8) is 0 Å². The van der Waals surface area contributed by atoms with E-state index in [1.54, 1.807) is 24.3 Å². The highest BCUT2D eigenvalue weighted by Crippen LogP contribution is 2.33. The lowest BCUT2D eigenvalue weighted by atomic mass is 10.2. The van der Waals surface area contributed by atoms with Crippen molar-refractivity contribution in [3.8, 4) is 11.8 Å². The molecule has 0 spiro atoms. The zero-order valence-corrected chi connectivity index (χ0v) is 13.1. The van der Waals surface area contributed by atoms with Crippen LogP contribution in [0.25, 0.3) is 0 Å². The Bertz CT molecular complexity index is 643. The van der Waals surface area contributed by atoms with Gasteiger partial charge in [0, 0.05) is 11.6 Å². The maximum Gasteiger partial charge on any atom is 0.174 e. The molecular formula is C15H11Cl3N2O. The van der Waals surface area contributed by atoms with Gasteiger partial charge in [0.1, 0.15) is 11.8 Å². The van der Waals surface area contributed by atoms with Crippen LogP contribution in [-0.4, -0.2) is 6.61 Å². The summed E-state index contributed by atoms with van der Waals surface area (Å²) >= 11 is 18.1. The van der Waals surface area contributed by atoms with Gasteiger partial charge in [0.2, 0.25) is 0 Å². The standard InChI is InChI=1S/C15H11Cl3N2O/c16-11-7-13(17)15(14(18)8-11)20-9-10-1-3-12(4-2-10)21-6-5-19/h1-4,7-8,20H,6,9H2. The summed E-state index contributed by atoms with van der Waals surface area (Å²) in [5, 5.41) is 13.1. The molecule has 0 aliphatic rings. The second-order valence-electron chi connectivity index (χ2n) is 4.19. The van der Waals surface area contributed by atoms with Crippen LogP contribution >= 0.6 is 34.8 Å². The molecule has 1 N–H and O–H groups in total. The van der Waals surface area contributed by atoms with E-state index in [9.17, 15) is 0 Å². The maximum atomic E-state index is 8.44. The molecule has 0 saturated heterocycles. The van der Waals surface area contributed by atoms with Gasteiger partial charge in [0.15, 0.2) is 6.61 Å². The summed E-state index contributed by atoms with van der Waals surface area (Å²) in [7, 11) is 0. The number of hydrogen-bond acceptors (Lipinski definition) is 3. The summed E-state index contributed by atoms with van der Waals surface area (Å²) in [5.74, 6) is 0.655. The first kappa shape index (κ1) is 15.8. The molecule has 6 heteroatoms. The largest absolute Gasteiger partial charge is 0.479 e. The van der Waals surface area contributed by atoms with Crippen LogP contribution in [0.3, 0.4) is 0 Å². The average molecular weight is 342 g/mol. The minimum Gasteiger partial charge on any atom is -0.479 e. The number of anilines is 1. The van der Waals surface area contributed by atoms with Crippen molar-refractivity contribution < 1.29 is 4.74 Å². The van der Waals surface area contributed by atoms with Gasteiger partial charge >= 0.3 is 0 Å². The van der Waals surface area contributed by atoms with Gasteiger partial charge in [-0.15, -0.1) is 0 Å². The SMILES string of the molecule is N#CCOc1ccc(CNc2c(Cl)cc(Cl)cc2Cl)cc1. The van der Waals surface area contributed by atoms with Gasteiger partial charge in [-0.3, -0.25) is 0 Å². The molecule has 0 radical (unpaired) electrons. The zero-order chi connectivity index (χ0) is 15.2. The highest BCUT2D eigenvalue weighted by molar-refractivity contribution is 6.41. The summed E-state index contributed by atoms with van der Waals surface area (Å²) in [5.41, 5.74) is 1.67. The van der Waals surface area contributed by atoms with Gasteiger partial charge < -0.3 is 10.1 Å². The zero-order valence-electron chi connectivity index (χ0n) is 10.9. The Kier molecular flexibility index (Phi) is 5.58. The molecule has 0 atom stereocenters. The molecule has 0 aliphatic heterocycles. The van der Waals surface area contributed by atoms with Crippen LogP contribution < -0.4 is 10.1 Å². The predicted molar refractivity (Wildman–Crippen MR) is 86.3 cm³/mol. The fourth-order valence-electron chi connectivity index (χ4n) is 1.72. The van der Waals surface area contributed by atoms with E-state index in [1.165, 1.54) is 0 Å². The molecule has 2 rings (SSSR count). The Morgan fingerprint density at radius 2 is 1.67 bits per heavy atom. The lowest BCUT2D eigenvalue weighted by Crippen LogP contribution is -2.01. The molecular weight excluding hydrogens is 331 g/mol. The first-order valence-electron chi connectivity index (χ1n) is 6.07. The Morgan fingerprint density at radius 3 is 2.24 bits per heavy atom. The average Bonchev–Trinajstić information content (AvgIpc) is 2.45. The van der Waals surface area contributed by atoms with Crippen LogP contribution in [-0.2, 0) is 6.54 Å². The van der Waals surface area contributed by atoms with Crippen molar-refractivity contribution >= 4 is 40.5 Å². The van der Waals surface area contributed by atoms with Gasteiger partial charge in [-0.05, 0) is 29.8 Å². The lowest BCUT2D eigenvalue weighted by molar-refractivity contribution is 0.368. The Hall–Kier alpha value is -1.60. The molecule has 0 aromatic heterocycles. The molecule has 0 aliphatic carbocycles. The second kappa shape index (κ2) is 7.42. The van der Waals surface area contributed by atoms with Crippen molar-refractivity contribution in [1.29, 1.82) is 5.26 Å². The van der Waals surface area contributed by atoms with E-state index in [0.29, 0.717) is 33.0 Å². The van der Waals surface area contributed by atoms with E-state index in [-0.39, 0.29) is 6.61 Å². The van der Waals surface area contributed by atoms with Crippen molar-refractivity contribution in [2.45, 2.75) is 6.54 Å².